The van der Waals surface area contributed by atoms with Crippen molar-refractivity contribution >= 4 is 5.97 Å². The third-order valence-electron chi connectivity index (χ3n) is 2.24. The van der Waals surface area contributed by atoms with Crippen LogP contribution in [0.1, 0.15) is 24.5 Å². The zero-order valence-electron chi connectivity index (χ0n) is 10.9. The van der Waals surface area contributed by atoms with Gasteiger partial charge in [-0.3, -0.25) is 0 Å². The minimum absolute atomic E-state index is 0.0727. The van der Waals surface area contributed by atoms with Crippen molar-refractivity contribution in [1.82, 2.24) is 10.2 Å². The van der Waals surface area contributed by atoms with Gasteiger partial charge in [0, 0.05) is 5.56 Å². The molecule has 2 aromatic rings. The van der Waals surface area contributed by atoms with E-state index in [1.807, 2.05) is 26.0 Å². The predicted molar refractivity (Wildman–Crippen MR) is 66.8 cm³/mol. The van der Waals surface area contributed by atoms with Crippen LogP contribution in [-0.4, -0.2) is 29.4 Å². The molecule has 0 N–H and O–H groups in total. The smallest absolute Gasteiger partial charge is 0.396 e. The van der Waals surface area contributed by atoms with Crippen molar-refractivity contribution in [3.05, 3.63) is 30.2 Å². The number of nitrogens with zero attached hydrogens (tertiary/aromatic N) is 2. The number of rotatable bonds is 4. The SMILES string of the molecule is COC(=O)c1nnc(-c2cccc(OC(C)C)c2)o1. The maximum absolute atomic E-state index is 11.2. The highest BCUT2D eigenvalue weighted by molar-refractivity contribution is 5.84. The van der Waals surface area contributed by atoms with Gasteiger partial charge in [0.05, 0.1) is 13.2 Å². The van der Waals surface area contributed by atoms with Crippen LogP contribution in [0.4, 0.5) is 0 Å². The van der Waals surface area contributed by atoms with Crippen LogP contribution < -0.4 is 4.74 Å². The van der Waals surface area contributed by atoms with Gasteiger partial charge in [-0.15, -0.1) is 10.2 Å². The minimum atomic E-state index is -0.659. The van der Waals surface area contributed by atoms with Gasteiger partial charge in [0.25, 0.3) is 0 Å². The Balaban J connectivity index is 2.26. The summed E-state index contributed by atoms with van der Waals surface area (Å²) in [7, 11) is 1.25. The van der Waals surface area contributed by atoms with E-state index in [1.165, 1.54) is 7.11 Å². The van der Waals surface area contributed by atoms with Crippen molar-refractivity contribution in [2.75, 3.05) is 7.11 Å². The van der Waals surface area contributed by atoms with Gasteiger partial charge in [0.15, 0.2) is 0 Å². The normalized spacial score (nSPS) is 10.5. The summed E-state index contributed by atoms with van der Waals surface area (Å²) in [6, 6.07) is 7.21. The van der Waals surface area contributed by atoms with Gasteiger partial charge in [-0.2, -0.15) is 0 Å². The molecule has 0 atom stereocenters. The molecule has 0 fully saturated rings. The number of carbonyl (C=O) groups is 1. The van der Waals surface area contributed by atoms with Crippen LogP contribution in [-0.2, 0) is 4.74 Å². The predicted octanol–water partition coefficient (Wildman–Crippen LogP) is 2.31. The fourth-order valence-electron chi connectivity index (χ4n) is 1.48. The molecule has 0 aliphatic heterocycles. The number of hydrogen-bond donors (Lipinski definition) is 0. The van der Waals surface area contributed by atoms with Gasteiger partial charge in [0.1, 0.15) is 5.75 Å². The second kappa shape index (κ2) is 5.51. The minimum Gasteiger partial charge on any atom is -0.491 e. The van der Waals surface area contributed by atoms with Gasteiger partial charge in [-0.1, -0.05) is 6.07 Å². The maximum Gasteiger partial charge on any atom is 0.396 e. The lowest BCUT2D eigenvalue weighted by atomic mass is 10.2. The summed E-state index contributed by atoms with van der Waals surface area (Å²) in [6.07, 6.45) is 0.0727. The number of benzene rings is 1. The second-order valence-electron chi connectivity index (χ2n) is 4.10. The third kappa shape index (κ3) is 3.09. The van der Waals surface area contributed by atoms with Crippen molar-refractivity contribution in [3.8, 4) is 17.2 Å². The quantitative estimate of drug-likeness (QED) is 0.787. The lowest BCUT2D eigenvalue weighted by Gasteiger charge is -2.09. The molecule has 0 radical (unpaired) electrons. The second-order valence-corrected chi connectivity index (χ2v) is 4.10. The van der Waals surface area contributed by atoms with Crippen LogP contribution in [0.25, 0.3) is 11.5 Å². The molecule has 0 amide bonds. The van der Waals surface area contributed by atoms with Crippen molar-refractivity contribution in [1.29, 1.82) is 0 Å². The Bertz CT molecular complexity index is 578. The van der Waals surface area contributed by atoms with Crippen LogP contribution in [0.15, 0.2) is 28.7 Å². The van der Waals surface area contributed by atoms with E-state index < -0.39 is 5.97 Å². The summed E-state index contributed by atoms with van der Waals surface area (Å²) in [6.45, 7) is 3.88. The topological polar surface area (TPSA) is 74.5 Å². The largest absolute Gasteiger partial charge is 0.491 e. The van der Waals surface area contributed by atoms with Crippen molar-refractivity contribution < 1.29 is 18.7 Å². The van der Waals surface area contributed by atoms with Gasteiger partial charge >= 0.3 is 11.9 Å². The van der Waals surface area contributed by atoms with Crippen molar-refractivity contribution in [2.45, 2.75) is 20.0 Å². The summed E-state index contributed by atoms with van der Waals surface area (Å²) in [5, 5.41) is 7.42. The van der Waals surface area contributed by atoms with Crippen LogP contribution in [0, 0.1) is 0 Å². The van der Waals surface area contributed by atoms with Crippen molar-refractivity contribution in [3.63, 3.8) is 0 Å². The first kappa shape index (κ1) is 13.1. The molecule has 0 aliphatic rings. The number of ether oxygens (including phenoxy) is 2. The number of esters is 1. The summed E-state index contributed by atoms with van der Waals surface area (Å²) >= 11 is 0. The van der Waals surface area contributed by atoms with E-state index in [9.17, 15) is 4.79 Å². The van der Waals surface area contributed by atoms with Crippen LogP contribution in [0.5, 0.6) is 5.75 Å². The number of methoxy groups -OCH3 is 1. The summed E-state index contributed by atoms with van der Waals surface area (Å²) in [5.74, 6) is 0.112. The average molecular weight is 262 g/mol. The molecular formula is C13H14N2O4. The zero-order chi connectivity index (χ0) is 13.8. The molecule has 1 heterocycles. The standard InChI is InChI=1S/C13H14N2O4/c1-8(2)18-10-6-4-5-9(7-10)11-14-15-12(19-11)13(16)17-3/h4-8H,1-3H3. The van der Waals surface area contributed by atoms with Crippen LogP contribution in [0.3, 0.4) is 0 Å². The molecule has 1 aromatic carbocycles. The number of hydrogen-bond acceptors (Lipinski definition) is 6. The molecule has 0 bridgehead atoms. The van der Waals surface area contributed by atoms with Crippen molar-refractivity contribution in [2.24, 2.45) is 0 Å². The molecular weight excluding hydrogens is 248 g/mol. The lowest BCUT2D eigenvalue weighted by Crippen LogP contribution is -2.05. The Morgan fingerprint density at radius 3 is 2.79 bits per heavy atom. The molecule has 0 saturated heterocycles. The first-order valence-electron chi connectivity index (χ1n) is 5.79. The lowest BCUT2D eigenvalue weighted by molar-refractivity contribution is 0.0556. The summed E-state index contributed by atoms with van der Waals surface area (Å²) in [5.41, 5.74) is 0.681. The van der Waals surface area contributed by atoms with Crippen LogP contribution in [0.2, 0.25) is 0 Å². The van der Waals surface area contributed by atoms with E-state index in [4.69, 9.17) is 9.15 Å². The molecule has 19 heavy (non-hydrogen) atoms. The highest BCUT2D eigenvalue weighted by Crippen LogP contribution is 2.23. The number of aromatic nitrogens is 2. The molecule has 2 rings (SSSR count). The fourth-order valence-corrected chi connectivity index (χ4v) is 1.48. The first-order chi connectivity index (χ1) is 9.10. The van der Waals surface area contributed by atoms with E-state index in [-0.39, 0.29) is 17.9 Å². The van der Waals surface area contributed by atoms with Gasteiger partial charge in [-0.05, 0) is 32.0 Å². The molecule has 1 aromatic heterocycles. The molecule has 6 nitrogen and oxygen atoms in total. The van der Waals surface area contributed by atoms with Gasteiger partial charge < -0.3 is 13.9 Å². The Hall–Kier alpha value is -2.37. The highest BCUT2D eigenvalue weighted by Gasteiger charge is 2.16. The van der Waals surface area contributed by atoms with E-state index >= 15 is 0 Å². The van der Waals surface area contributed by atoms with E-state index in [0.29, 0.717) is 11.3 Å². The Labute approximate surface area is 110 Å². The van der Waals surface area contributed by atoms with E-state index in [2.05, 4.69) is 14.9 Å². The molecule has 0 saturated carbocycles. The molecule has 0 spiro atoms. The molecule has 6 heteroatoms. The summed E-state index contributed by atoms with van der Waals surface area (Å²) < 4.78 is 15.3. The molecule has 0 unspecified atom stereocenters. The highest BCUT2D eigenvalue weighted by atomic mass is 16.5. The van der Waals surface area contributed by atoms with Gasteiger partial charge in [0.2, 0.25) is 5.89 Å². The fraction of sp³-hybridized carbons (Fsp3) is 0.308. The average Bonchev–Trinajstić information content (AvgIpc) is 2.87. The van der Waals surface area contributed by atoms with E-state index in [1.54, 1.807) is 12.1 Å². The Morgan fingerprint density at radius 2 is 2.11 bits per heavy atom. The van der Waals surface area contributed by atoms with Crippen LogP contribution >= 0.6 is 0 Å². The van der Waals surface area contributed by atoms with E-state index in [0.717, 1.165) is 0 Å². The third-order valence-corrected chi connectivity index (χ3v) is 2.24. The summed E-state index contributed by atoms with van der Waals surface area (Å²) in [4.78, 5) is 11.2. The molecule has 100 valence electrons. The molecule has 0 aliphatic carbocycles. The Morgan fingerprint density at radius 1 is 1.32 bits per heavy atom. The first-order valence-corrected chi connectivity index (χ1v) is 5.79. The monoisotopic (exact) mass is 262 g/mol. The zero-order valence-corrected chi connectivity index (χ0v) is 10.9. The number of carbonyl (C=O) groups excluding carboxylic acids is 1. The Kier molecular flexibility index (Phi) is 3.79. The maximum atomic E-state index is 11.2. The van der Waals surface area contributed by atoms with Gasteiger partial charge in [-0.25, -0.2) is 4.79 Å².